The van der Waals surface area contributed by atoms with E-state index < -0.39 is 0 Å². The molecule has 0 atom stereocenters. The zero-order valence-corrected chi connectivity index (χ0v) is 14.2. The van der Waals surface area contributed by atoms with Gasteiger partial charge >= 0.3 is 0 Å². The van der Waals surface area contributed by atoms with Crippen LogP contribution in [0.5, 0.6) is 5.88 Å². The molecule has 0 saturated heterocycles. The summed E-state index contributed by atoms with van der Waals surface area (Å²) in [5.41, 5.74) is 2.22. The smallest absolute Gasteiger partial charge is 0.259 e. The number of halogens is 1. The van der Waals surface area contributed by atoms with Crippen LogP contribution in [0.2, 0.25) is 5.02 Å². The Morgan fingerprint density at radius 2 is 1.80 bits per heavy atom. The number of benzene rings is 2. The number of fused-ring (bicyclic) bond motifs is 1. The number of aromatic nitrogens is 3. The molecule has 0 radical (unpaired) electrons. The molecule has 2 heterocycles. The molecule has 6 heteroatoms. The van der Waals surface area contributed by atoms with Crippen molar-refractivity contribution in [1.29, 1.82) is 0 Å². The Bertz CT molecular complexity index is 1050. The normalized spacial score (nSPS) is 11.0. The third-order valence-electron chi connectivity index (χ3n) is 3.74. The summed E-state index contributed by atoms with van der Waals surface area (Å²) in [6.45, 7) is 2.40. The van der Waals surface area contributed by atoms with Gasteiger partial charge in [-0.05, 0) is 31.2 Å². The average Bonchev–Trinajstić information content (AvgIpc) is 3.11. The van der Waals surface area contributed by atoms with Crippen molar-refractivity contribution in [2.75, 3.05) is 6.61 Å². The molecule has 124 valence electrons. The summed E-state index contributed by atoms with van der Waals surface area (Å²) in [5, 5.41) is 5.62. The molecule has 0 aliphatic carbocycles. The molecule has 25 heavy (non-hydrogen) atoms. The lowest BCUT2D eigenvalue weighted by molar-refractivity contribution is 0.329. The van der Waals surface area contributed by atoms with Crippen LogP contribution in [0.15, 0.2) is 59.1 Å². The molecule has 4 rings (SSSR count). The second-order valence-electron chi connectivity index (χ2n) is 5.37. The number of pyridine rings is 1. The largest absolute Gasteiger partial charge is 0.477 e. The summed E-state index contributed by atoms with van der Waals surface area (Å²) >= 11 is 6.21. The first-order chi connectivity index (χ1) is 12.3. The zero-order chi connectivity index (χ0) is 17.2. The number of rotatable bonds is 4. The monoisotopic (exact) mass is 351 g/mol. The fourth-order valence-corrected chi connectivity index (χ4v) is 2.80. The Morgan fingerprint density at radius 3 is 2.64 bits per heavy atom. The fraction of sp³-hybridized carbons (Fsp3) is 0.105. The Kier molecular flexibility index (Phi) is 4.07. The second kappa shape index (κ2) is 6.53. The quantitative estimate of drug-likeness (QED) is 0.517. The lowest BCUT2D eigenvalue weighted by Gasteiger charge is -2.08. The van der Waals surface area contributed by atoms with Gasteiger partial charge < -0.3 is 9.26 Å². The molecule has 0 saturated carbocycles. The number of nitrogens with zero attached hydrogens (tertiary/aromatic N) is 3. The molecule has 0 fully saturated rings. The van der Waals surface area contributed by atoms with Crippen molar-refractivity contribution in [2.45, 2.75) is 6.92 Å². The predicted octanol–water partition coefficient (Wildman–Crippen LogP) is 5.00. The van der Waals surface area contributed by atoms with Gasteiger partial charge in [0.15, 0.2) is 0 Å². The van der Waals surface area contributed by atoms with Crippen LogP contribution in [-0.2, 0) is 0 Å². The maximum Gasteiger partial charge on any atom is 0.259 e. The number of hydrogen-bond acceptors (Lipinski definition) is 5. The maximum atomic E-state index is 6.21. The van der Waals surface area contributed by atoms with Gasteiger partial charge in [0.2, 0.25) is 11.7 Å². The van der Waals surface area contributed by atoms with Gasteiger partial charge in [0.05, 0.1) is 28.3 Å². The molecular weight excluding hydrogens is 338 g/mol. The number of ether oxygens (including phenoxy) is 1. The van der Waals surface area contributed by atoms with Gasteiger partial charge in [0.25, 0.3) is 5.89 Å². The van der Waals surface area contributed by atoms with Gasteiger partial charge in [0, 0.05) is 5.39 Å². The summed E-state index contributed by atoms with van der Waals surface area (Å²) in [5.74, 6) is 1.25. The van der Waals surface area contributed by atoms with E-state index in [1.807, 2.05) is 55.5 Å². The van der Waals surface area contributed by atoms with Gasteiger partial charge in [-0.2, -0.15) is 4.98 Å². The minimum Gasteiger partial charge on any atom is -0.477 e. The zero-order valence-electron chi connectivity index (χ0n) is 13.4. The second-order valence-corrected chi connectivity index (χ2v) is 5.78. The van der Waals surface area contributed by atoms with Gasteiger partial charge in [-0.3, -0.25) is 0 Å². The summed E-state index contributed by atoms with van der Waals surface area (Å²) in [6.07, 6.45) is 0. The highest BCUT2D eigenvalue weighted by atomic mass is 35.5. The van der Waals surface area contributed by atoms with E-state index >= 15 is 0 Å². The molecule has 0 bridgehead atoms. The molecule has 0 unspecified atom stereocenters. The van der Waals surface area contributed by atoms with Crippen LogP contribution in [0.1, 0.15) is 6.92 Å². The molecule has 0 aliphatic rings. The van der Waals surface area contributed by atoms with Crippen LogP contribution < -0.4 is 4.74 Å². The highest BCUT2D eigenvalue weighted by Gasteiger charge is 2.18. The molecular formula is C19H14ClN3O2. The lowest BCUT2D eigenvalue weighted by atomic mass is 10.1. The van der Waals surface area contributed by atoms with E-state index in [-0.39, 0.29) is 0 Å². The topological polar surface area (TPSA) is 61.0 Å². The van der Waals surface area contributed by atoms with Gasteiger partial charge in [-0.15, -0.1) is 0 Å². The minimum absolute atomic E-state index is 0.358. The number of para-hydroxylation sites is 1. The standard InChI is InChI=1S/C19H14ClN3O2/c1-2-24-18-14(11-12-7-3-6-10-16(12)21-18)17-22-19(25-23-17)13-8-4-5-9-15(13)20/h3-11H,2H2,1H3. The van der Waals surface area contributed by atoms with Crippen molar-refractivity contribution in [1.82, 2.24) is 15.1 Å². The maximum absolute atomic E-state index is 6.21. The van der Waals surface area contributed by atoms with E-state index in [0.717, 1.165) is 10.9 Å². The first-order valence-corrected chi connectivity index (χ1v) is 8.25. The van der Waals surface area contributed by atoms with Crippen molar-refractivity contribution >= 4 is 22.5 Å². The van der Waals surface area contributed by atoms with Crippen LogP contribution in [0.4, 0.5) is 0 Å². The van der Waals surface area contributed by atoms with Crippen LogP contribution in [-0.4, -0.2) is 21.7 Å². The predicted molar refractivity (Wildman–Crippen MR) is 96.7 cm³/mol. The average molecular weight is 352 g/mol. The first kappa shape index (κ1) is 15.6. The first-order valence-electron chi connectivity index (χ1n) is 7.88. The van der Waals surface area contributed by atoms with E-state index in [2.05, 4.69) is 15.1 Å². The van der Waals surface area contributed by atoms with Gasteiger partial charge in [-0.25, -0.2) is 4.98 Å². The minimum atomic E-state index is 0.358. The van der Waals surface area contributed by atoms with Crippen LogP contribution in [0, 0.1) is 0 Å². The van der Waals surface area contributed by atoms with Crippen molar-refractivity contribution in [3.63, 3.8) is 0 Å². The molecule has 2 aromatic carbocycles. The van der Waals surface area contributed by atoms with Gasteiger partial charge in [0.1, 0.15) is 0 Å². The summed E-state index contributed by atoms with van der Waals surface area (Å²) in [4.78, 5) is 9.05. The van der Waals surface area contributed by atoms with E-state index in [1.54, 1.807) is 6.07 Å². The molecule has 2 aromatic heterocycles. The Balaban J connectivity index is 1.84. The van der Waals surface area contributed by atoms with Gasteiger partial charge in [-0.1, -0.05) is 47.1 Å². The summed E-state index contributed by atoms with van der Waals surface area (Å²) in [7, 11) is 0. The third kappa shape index (κ3) is 2.94. The Hall–Kier alpha value is -2.92. The van der Waals surface area contributed by atoms with Crippen molar-refractivity contribution in [3.8, 4) is 28.7 Å². The molecule has 0 amide bonds. The summed E-state index contributed by atoms with van der Waals surface area (Å²) < 4.78 is 11.1. The van der Waals surface area contributed by atoms with Crippen molar-refractivity contribution < 1.29 is 9.26 Å². The fourth-order valence-electron chi connectivity index (χ4n) is 2.58. The molecule has 4 aromatic rings. The van der Waals surface area contributed by atoms with Crippen molar-refractivity contribution in [2.24, 2.45) is 0 Å². The summed E-state index contributed by atoms with van der Waals surface area (Å²) in [6, 6.07) is 17.1. The molecule has 0 N–H and O–H groups in total. The van der Waals surface area contributed by atoms with Crippen LogP contribution in [0.3, 0.4) is 0 Å². The van der Waals surface area contributed by atoms with Crippen molar-refractivity contribution in [3.05, 3.63) is 59.6 Å². The Morgan fingerprint density at radius 1 is 1.00 bits per heavy atom. The highest BCUT2D eigenvalue weighted by molar-refractivity contribution is 6.33. The van der Waals surface area contributed by atoms with E-state index in [4.69, 9.17) is 20.9 Å². The SMILES string of the molecule is CCOc1nc2ccccc2cc1-c1noc(-c2ccccc2Cl)n1. The third-order valence-corrected chi connectivity index (χ3v) is 4.07. The molecule has 5 nitrogen and oxygen atoms in total. The van der Waals surface area contributed by atoms with E-state index in [9.17, 15) is 0 Å². The molecule has 0 aliphatic heterocycles. The van der Waals surface area contributed by atoms with E-state index in [1.165, 1.54) is 0 Å². The van der Waals surface area contributed by atoms with E-state index in [0.29, 0.717) is 40.4 Å². The Labute approximate surface area is 149 Å². The number of hydrogen-bond donors (Lipinski definition) is 0. The molecule has 0 spiro atoms. The van der Waals surface area contributed by atoms with Crippen LogP contribution >= 0.6 is 11.6 Å². The van der Waals surface area contributed by atoms with Crippen LogP contribution in [0.25, 0.3) is 33.7 Å². The highest BCUT2D eigenvalue weighted by Crippen LogP contribution is 2.33. The lowest BCUT2D eigenvalue weighted by Crippen LogP contribution is -1.98.